The van der Waals surface area contributed by atoms with E-state index in [1.807, 2.05) is 0 Å². The van der Waals surface area contributed by atoms with Crippen molar-refractivity contribution in [2.45, 2.75) is 81.9 Å². The zero-order valence-corrected chi connectivity index (χ0v) is 16.5. The highest BCUT2D eigenvalue weighted by Crippen LogP contribution is 2.25. The number of carbonyl (C=O) groups is 2. The van der Waals surface area contributed by atoms with E-state index in [0.717, 1.165) is 0 Å². The predicted octanol–water partition coefficient (Wildman–Crippen LogP) is -4.04. The molecule has 29 heavy (non-hydrogen) atoms. The van der Waals surface area contributed by atoms with Crippen LogP contribution in [0.2, 0.25) is 0 Å². The molecule has 12 heteroatoms. The van der Waals surface area contributed by atoms with Crippen LogP contribution in [0.1, 0.15) is 20.8 Å². The number of nitrogens with one attached hydrogen (secondary N) is 2. The van der Waals surface area contributed by atoms with Crippen molar-refractivity contribution in [3.8, 4) is 0 Å². The van der Waals surface area contributed by atoms with Crippen LogP contribution < -0.4 is 10.6 Å². The van der Waals surface area contributed by atoms with Crippen molar-refractivity contribution in [2.24, 2.45) is 0 Å². The smallest absolute Gasteiger partial charge is 0.217 e. The first-order valence-corrected chi connectivity index (χ1v) is 9.36. The summed E-state index contributed by atoms with van der Waals surface area (Å²) in [5, 5.41) is 55.1. The minimum atomic E-state index is -1.47. The average molecular weight is 422 g/mol. The Morgan fingerprint density at radius 2 is 1.38 bits per heavy atom. The molecule has 0 radical (unpaired) electrons. The van der Waals surface area contributed by atoms with Gasteiger partial charge in [-0.05, 0) is 6.92 Å². The van der Waals surface area contributed by atoms with Crippen LogP contribution in [0.25, 0.3) is 0 Å². The Morgan fingerprint density at radius 1 is 0.862 bits per heavy atom. The molecule has 0 aromatic heterocycles. The second-order valence-electron chi connectivity index (χ2n) is 7.35. The first-order valence-electron chi connectivity index (χ1n) is 9.36. The maximum Gasteiger partial charge on any atom is 0.217 e. The first kappa shape index (κ1) is 23.9. The third-order valence-corrected chi connectivity index (χ3v) is 5.04. The number of aliphatic hydroxyl groups excluding tert-OH is 5. The van der Waals surface area contributed by atoms with Gasteiger partial charge in [-0.1, -0.05) is 0 Å². The molecule has 0 aromatic carbocycles. The van der Waals surface area contributed by atoms with Gasteiger partial charge in [-0.15, -0.1) is 0 Å². The number of ether oxygens (including phenoxy) is 3. The fraction of sp³-hybridized carbons (Fsp3) is 0.882. The van der Waals surface area contributed by atoms with Crippen molar-refractivity contribution < 1.29 is 49.3 Å². The van der Waals surface area contributed by atoms with Crippen LogP contribution in [0.3, 0.4) is 0 Å². The largest absolute Gasteiger partial charge is 0.394 e. The van der Waals surface area contributed by atoms with Gasteiger partial charge in [-0.2, -0.15) is 0 Å². The summed E-state index contributed by atoms with van der Waals surface area (Å²) >= 11 is 0. The predicted molar refractivity (Wildman–Crippen MR) is 95.3 cm³/mol. The van der Waals surface area contributed by atoms with E-state index in [1.54, 1.807) is 6.92 Å². The number of amides is 2. The van der Waals surface area contributed by atoms with Crippen molar-refractivity contribution in [3.05, 3.63) is 0 Å². The summed E-state index contributed by atoms with van der Waals surface area (Å²) in [5.41, 5.74) is 0. The van der Waals surface area contributed by atoms with Crippen molar-refractivity contribution in [3.63, 3.8) is 0 Å². The standard InChI is InChI=1S/C17H30N2O10/c1-6-11(18-7(2)21)15(25)14(24)10(28-6)5-27-17-12(19-8(3)22)16(26)13(23)9(4-20)29-17/h6,9-17,20,23-26H,4-5H2,1-3H3,(H,18,21)(H,19,22)/t6?,9?,10?,11?,12?,13-,14+,15-,16-,17-/m1/s1. The third-order valence-electron chi connectivity index (χ3n) is 5.04. The summed E-state index contributed by atoms with van der Waals surface area (Å²) in [6, 6.07) is -1.95. The van der Waals surface area contributed by atoms with E-state index in [1.165, 1.54) is 13.8 Å². The molecule has 2 fully saturated rings. The number of aliphatic hydroxyl groups is 5. The zero-order valence-electron chi connectivity index (χ0n) is 16.5. The molecule has 2 heterocycles. The molecule has 12 nitrogen and oxygen atoms in total. The minimum absolute atomic E-state index is 0.295. The van der Waals surface area contributed by atoms with Gasteiger partial charge in [0.25, 0.3) is 0 Å². The Labute approximate surface area is 167 Å². The Kier molecular flexibility index (Phi) is 8.31. The van der Waals surface area contributed by atoms with Gasteiger partial charge in [0.2, 0.25) is 11.8 Å². The van der Waals surface area contributed by atoms with Crippen LogP contribution in [0.4, 0.5) is 0 Å². The molecule has 0 saturated carbocycles. The summed E-state index contributed by atoms with van der Waals surface area (Å²) < 4.78 is 16.6. The lowest BCUT2D eigenvalue weighted by Crippen LogP contribution is -2.66. The molecule has 2 aliphatic rings. The van der Waals surface area contributed by atoms with E-state index in [4.69, 9.17) is 14.2 Å². The number of rotatable bonds is 6. The van der Waals surface area contributed by atoms with Crippen LogP contribution in [-0.4, -0.2) is 112 Å². The second kappa shape index (κ2) is 10.1. The zero-order chi connectivity index (χ0) is 21.9. The highest BCUT2D eigenvalue weighted by atomic mass is 16.7. The Balaban J connectivity index is 2.05. The molecule has 0 bridgehead atoms. The fourth-order valence-electron chi connectivity index (χ4n) is 3.53. The van der Waals surface area contributed by atoms with Gasteiger partial charge in [0.1, 0.15) is 42.7 Å². The van der Waals surface area contributed by atoms with E-state index in [9.17, 15) is 35.1 Å². The molecule has 5 unspecified atom stereocenters. The third kappa shape index (κ3) is 5.61. The molecule has 0 aromatic rings. The summed E-state index contributed by atoms with van der Waals surface area (Å²) in [7, 11) is 0. The molecule has 2 rings (SSSR count). The van der Waals surface area contributed by atoms with Crippen molar-refractivity contribution in [2.75, 3.05) is 13.2 Å². The lowest BCUT2D eigenvalue weighted by molar-refractivity contribution is -0.284. The van der Waals surface area contributed by atoms with Crippen molar-refractivity contribution in [1.29, 1.82) is 0 Å². The Bertz CT molecular complexity index is 578. The average Bonchev–Trinajstić information content (AvgIpc) is 2.65. The van der Waals surface area contributed by atoms with E-state index in [-0.39, 0.29) is 12.5 Å². The highest BCUT2D eigenvalue weighted by Gasteiger charge is 2.47. The molecule has 0 spiro atoms. The molecule has 2 aliphatic heterocycles. The number of hydrogen-bond acceptors (Lipinski definition) is 10. The SMILES string of the molecule is CC(=O)NC1[C@H](OCC2OC(C)C(NC(C)=O)[C@@H](O)[C@H]2O)OC(CO)[C@@H](O)[C@@H]1O. The molecule has 168 valence electrons. The topological polar surface area (TPSA) is 187 Å². The van der Waals surface area contributed by atoms with Crippen LogP contribution in [0.5, 0.6) is 0 Å². The molecular weight excluding hydrogens is 392 g/mol. The van der Waals surface area contributed by atoms with E-state index < -0.39 is 73.6 Å². The summed E-state index contributed by atoms with van der Waals surface area (Å²) in [6.45, 7) is 3.21. The van der Waals surface area contributed by atoms with E-state index in [0.29, 0.717) is 0 Å². The number of hydrogen-bond donors (Lipinski definition) is 7. The molecular formula is C17H30N2O10. The number of carbonyl (C=O) groups excluding carboxylic acids is 2. The van der Waals surface area contributed by atoms with E-state index >= 15 is 0 Å². The lowest BCUT2D eigenvalue weighted by Gasteiger charge is -2.44. The van der Waals surface area contributed by atoms with Crippen LogP contribution in [0, 0.1) is 0 Å². The maximum atomic E-state index is 11.4. The lowest BCUT2D eigenvalue weighted by atomic mass is 9.93. The van der Waals surface area contributed by atoms with Gasteiger partial charge < -0.3 is 50.4 Å². The van der Waals surface area contributed by atoms with E-state index in [2.05, 4.69) is 10.6 Å². The summed E-state index contributed by atoms with van der Waals surface area (Å²) in [5.74, 6) is -0.889. The van der Waals surface area contributed by atoms with Crippen LogP contribution in [0.15, 0.2) is 0 Å². The van der Waals surface area contributed by atoms with Gasteiger partial charge >= 0.3 is 0 Å². The molecule has 0 aliphatic carbocycles. The van der Waals surface area contributed by atoms with Crippen LogP contribution >= 0.6 is 0 Å². The summed E-state index contributed by atoms with van der Waals surface area (Å²) in [4.78, 5) is 22.7. The Morgan fingerprint density at radius 3 is 1.93 bits per heavy atom. The maximum absolute atomic E-state index is 11.4. The van der Waals surface area contributed by atoms with Crippen LogP contribution in [-0.2, 0) is 23.8 Å². The normalized spacial score (nSPS) is 42.9. The van der Waals surface area contributed by atoms with Crippen molar-refractivity contribution in [1.82, 2.24) is 10.6 Å². The van der Waals surface area contributed by atoms with Gasteiger partial charge in [0, 0.05) is 13.8 Å². The quantitative estimate of drug-likeness (QED) is 0.222. The summed E-state index contributed by atoms with van der Waals surface area (Å²) in [6.07, 6.45) is -9.67. The molecule has 2 amide bonds. The van der Waals surface area contributed by atoms with Gasteiger partial charge in [0.05, 0.1) is 25.4 Å². The molecule has 7 N–H and O–H groups in total. The van der Waals surface area contributed by atoms with Crippen molar-refractivity contribution >= 4 is 11.8 Å². The van der Waals surface area contributed by atoms with Gasteiger partial charge in [-0.25, -0.2) is 0 Å². The highest BCUT2D eigenvalue weighted by molar-refractivity contribution is 5.73. The Hall–Kier alpha value is -1.38. The molecule has 2 saturated heterocycles. The second-order valence-corrected chi connectivity index (χ2v) is 7.35. The monoisotopic (exact) mass is 422 g/mol. The fourth-order valence-corrected chi connectivity index (χ4v) is 3.53. The first-order chi connectivity index (χ1) is 13.6. The molecule has 10 atom stereocenters. The van der Waals surface area contributed by atoms with Gasteiger partial charge in [-0.3, -0.25) is 9.59 Å². The van der Waals surface area contributed by atoms with Gasteiger partial charge in [0.15, 0.2) is 6.29 Å². The minimum Gasteiger partial charge on any atom is -0.394 e.